The molecule has 0 aliphatic rings. The molecular weight excluding hydrogens is 741 g/mol. The van der Waals surface area contributed by atoms with Crippen LogP contribution in [0.4, 0.5) is 0 Å². The van der Waals surface area contributed by atoms with Crippen LogP contribution in [0.25, 0.3) is 0 Å². The van der Waals surface area contributed by atoms with E-state index in [4.69, 9.17) is 23.6 Å². The molecule has 0 rings (SSSR count). The molecule has 328 valence electrons. The van der Waals surface area contributed by atoms with Crippen LogP contribution in [0.1, 0.15) is 148 Å². The molecule has 10 nitrogen and oxygen atoms in total. The molecule has 0 aliphatic carbocycles. The zero-order chi connectivity index (χ0) is 42.1. The second-order valence-corrected chi connectivity index (χ2v) is 16.9. The number of phosphoric acid groups is 1. The number of esters is 2. The predicted octanol–water partition coefficient (Wildman–Crippen LogP) is 11.2. The summed E-state index contributed by atoms with van der Waals surface area (Å²) in [6.45, 7) is 2.29. The quantitative estimate of drug-likeness (QED) is 0.0205. The van der Waals surface area contributed by atoms with Crippen molar-refractivity contribution in [3.63, 3.8) is 0 Å². The molecule has 0 spiro atoms. The molecule has 0 aromatic heterocycles. The van der Waals surface area contributed by atoms with E-state index in [1.165, 1.54) is 25.7 Å². The number of unbranched alkanes of at least 4 members (excludes halogenated alkanes) is 12. The van der Waals surface area contributed by atoms with Crippen LogP contribution in [0.15, 0.2) is 72.9 Å². The fourth-order valence-corrected chi connectivity index (χ4v) is 6.05. The number of rotatable bonds is 39. The molecule has 1 unspecified atom stereocenters. The van der Waals surface area contributed by atoms with Gasteiger partial charge in [-0.2, -0.15) is 0 Å². The topological polar surface area (TPSA) is 129 Å². The van der Waals surface area contributed by atoms with Crippen molar-refractivity contribution >= 4 is 19.8 Å². The number of phosphoric ester groups is 1. The minimum atomic E-state index is -4.40. The number of aliphatic hydroxyl groups is 1. The number of carbonyl (C=O) groups is 2. The molecule has 0 aliphatic heterocycles. The molecule has 2 atom stereocenters. The van der Waals surface area contributed by atoms with Crippen LogP contribution in [-0.2, 0) is 32.7 Å². The lowest BCUT2D eigenvalue weighted by molar-refractivity contribution is -0.870. The van der Waals surface area contributed by atoms with Gasteiger partial charge in [0.15, 0.2) is 6.10 Å². The van der Waals surface area contributed by atoms with E-state index in [-0.39, 0.29) is 32.7 Å². The molecule has 0 radical (unpaired) electrons. The first-order valence-corrected chi connectivity index (χ1v) is 23.3. The first-order chi connectivity index (χ1) is 27.5. The van der Waals surface area contributed by atoms with Crippen LogP contribution in [0.2, 0.25) is 0 Å². The fraction of sp³-hybridized carbons (Fsp3) is 0.696. The summed E-state index contributed by atoms with van der Waals surface area (Å²) in [6, 6.07) is 0. The second-order valence-electron chi connectivity index (χ2n) is 15.4. The summed E-state index contributed by atoms with van der Waals surface area (Å²) in [7, 11) is 1.41. The van der Waals surface area contributed by atoms with E-state index in [9.17, 15) is 19.0 Å². The Balaban J connectivity index is 4.49. The predicted molar refractivity (Wildman–Crippen MR) is 235 cm³/mol. The first-order valence-electron chi connectivity index (χ1n) is 21.8. The highest BCUT2D eigenvalue weighted by Crippen LogP contribution is 2.43. The van der Waals surface area contributed by atoms with Gasteiger partial charge in [-0.1, -0.05) is 118 Å². The number of likely N-dealkylation sites (N-methyl/N-ethyl adjacent to an activating group) is 1. The highest BCUT2D eigenvalue weighted by molar-refractivity contribution is 7.47. The van der Waals surface area contributed by atoms with Gasteiger partial charge in [0.2, 0.25) is 0 Å². The summed E-state index contributed by atoms with van der Waals surface area (Å²) in [4.78, 5) is 35.3. The average Bonchev–Trinajstić information content (AvgIpc) is 3.16. The van der Waals surface area contributed by atoms with Crippen molar-refractivity contribution in [2.24, 2.45) is 0 Å². The Morgan fingerprint density at radius 1 is 0.579 bits per heavy atom. The number of allylic oxidation sites excluding steroid dienone is 12. The molecule has 2 N–H and O–H groups in total. The number of carbonyl (C=O) groups excluding carboxylic acids is 2. The van der Waals surface area contributed by atoms with Crippen LogP contribution >= 0.6 is 7.82 Å². The van der Waals surface area contributed by atoms with Gasteiger partial charge >= 0.3 is 19.8 Å². The van der Waals surface area contributed by atoms with Gasteiger partial charge < -0.3 is 24.0 Å². The molecule has 57 heavy (non-hydrogen) atoms. The zero-order valence-corrected chi connectivity index (χ0v) is 37.1. The maximum Gasteiger partial charge on any atom is 0.472 e. The Bertz CT molecular complexity index is 1200. The molecular formula is C46H81NO9P+. The SMILES string of the molecule is CCCCC/C=C\C/C=C\CCCCCCCC(=O)O[C@H](COC(=O)CCC/C=C\C/C=C\C/C=C\C/C=C\CCCCCO)COP(=O)(O)OCC[N+](C)(C)C. The van der Waals surface area contributed by atoms with Gasteiger partial charge in [0.25, 0.3) is 0 Å². The van der Waals surface area contributed by atoms with Crippen LogP contribution in [0.3, 0.4) is 0 Å². The van der Waals surface area contributed by atoms with Gasteiger partial charge in [0, 0.05) is 19.4 Å². The maximum absolute atomic E-state index is 12.7. The minimum Gasteiger partial charge on any atom is -0.462 e. The molecule has 0 fully saturated rings. The van der Waals surface area contributed by atoms with Gasteiger partial charge in [-0.05, 0) is 89.9 Å². The molecule has 0 heterocycles. The van der Waals surface area contributed by atoms with Crippen LogP contribution in [0, 0.1) is 0 Å². The van der Waals surface area contributed by atoms with Crippen molar-refractivity contribution in [1.82, 2.24) is 0 Å². The van der Waals surface area contributed by atoms with Crippen molar-refractivity contribution in [1.29, 1.82) is 0 Å². The molecule has 0 aromatic carbocycles. The lowest BCUT2D eigenvalue weighted by atomic mass is 10.1. The van der Waals surface area contributed by atoms with Crippen LogP contribution < -0.4 is 0 Å². The van der Waals surface area contributed by atoms with Crippen LogP contribution in [-0.4, -0.2) is 86.6 Å². The number of aliphatic hydroxyl groups excluding tert-OH is 1. The molecule has 0 bridgehead atoms. The van der Waals surface area contributed by atoms with E-state index >= 15 is 0 Å². The highest BCUT2D eigenvalue weighted by atomic mass is 31.2. The number of hydrogen-bond donors (Lipinski definition) is 2. The van der Waals surface area contributed by atoms with E-state index in [2.05, 4.69) is 73.8 Å². The molecule has 11 heteroatoms. The van der Waals surface area contributed by atoms with E-state index in [1.807, 2.05) is 27.2 Å². The summed E-state index contributed by atoms with van der Waals surface area (Å²) in [5, 5.41) is 8.80. The number of hydrogen-bond acceptors (Lipinski definition) is 8. The van der Waals surface area contributed by atoms with Gasteiger partial charge in [0.1, 0.15) is 19.8 Å². The van der Waals surface area contributed by atoms with Gasteiger partial charge in [-0.15, -0.1) is 0 Å². The third-order valence-corrected chi connectivity index (χ3v) is 9.75. The molecule has 0 saturated carbocycles. The Labute approximate surface area is 347 Å². The molecule has 0 amide bonds. The van der Waals surface area contributed by atoms with Gasteiger partial charge in [-0.3, -0.25) is 18.6 Å². The van der Waals surface area contributed by atoms with Crippen molar-refractivity contribution < 1.29 is 47.2 Å². The number of quaternary nitrogens is 1. The van der Waals surface area contributed by atoms with Gasteiger partial charge in [0.05, 0.1) is 27.7 Å². The normalized spacial score (nSPS) is 14.3. The summed E-state index contributed by atoms with van der Waals surface area (Å²) in [5.41, 5.74) is 0. The Hall–Kier alpha value is -2.59. The smallest absolute Gasteiger partial charge is 0.462 e. The summed E-state index contributed by atoms with van der Waals surface area (Å²) in [6.07, 6.45) is 45.4. The van der Waals surface area contributed by atoms with Crippen molar-refractivity contribution in [2.45, 2.75) is 154 Å². The first kappa shape index (κ1) is 54.4. The monoisotopic (exact) mass is 823 g/mol. The lowest BCUT2D eigenvalue weighted by Gasteiger charge is -2.24. The third kappa shape index (κ3) is 42.8. The van der Waals surface area contributed by atoms with Crippen molar-refractivity contribution in [3.05, 3.63) is 72.9 Å². The number of nitrogens with zero attached hydrogens (tertiary/aromatic N) is 1. The summed E-state index contributed by atoms with van der Waals surface area (Å²) < 4.78 is 34.2. The third-order valence-electron chi connectivity index (χ3n) is 8.76. The fourth-order valence-electron chi connectivity index (χ4n) is 5.31. The number of ether oxygens (including phenoxy) is 2. The van der Waals surface area contributed by atoms with E-state index in [0.29, 0.717) is 23.9 Å². The summed E-state index contributed by atoms with van der Waals surface area (Å²) in [5.74, 6) is -0.902. The Morgan fingerprint density at radius 2 is 1.04 bits per heavy atom. The van der Waals surface area contributed by atoms with E-state index in [1.54, 1.807) is 0 Å². The highest BCUT2D eigenvalue weighted by Gasteiger charge is 2.27. The van der Waals surface area contributed by atoms with Crippen molar-refractivity contribution in [3.8, 4) is 0 Å². The standard InChI is InChI=1S/C46H80NO9P/c1-5-6-7-8-9-10-11-12-16-20-23-26-29-32-35-38-46(50)56-44(43-55-57(51,52)54-41-39-47(2,3)4)42-53-45(49)37-34-31-28-25-22-19-17-14-13-15-18-21-24-27-30-33-36-40-48/h9-10,12-13,15-17,19,21,24-25,28,44,48H,5-8,11,14,18,20,22-23,26-27,29-43H2,1-4H3/p+1/b10-9-,15-13-,16-12-,19-17-,24-21-,28-25-/t44-/m1/s1. The maximum atomic E-state index is 12.7. The Morgan fingerprint density at radius 3 is 1.56 bits per heavy atom. The largest absolute Gasteiger partial charge is 0.472 e. The average molecular weight is 823 g/mol. The molecule has 0 aromatic rings. The van der Waals surface area contributed by atoms with E-state index < -0.39 is 32.5 Å². The summed E-state index contributed by atoms with van der Waals surface area (Å²) >= 11 is 0. The lowest BCUT2D eigenvalue weighted by Crippen LogP contribution is -2.37. The Kier molecular flexibility index (Phi) is 37.1. The minimum absolute atomic E-state index is 0.0121. The zero-order valence-electron chi connectivity index (χ0n) is 36.2. The van der Waals surface area contributed by atoms with Crippen molar-refractivity contribution in [2.75, 3.05) is 54.1 Å². The van der Waals surface area contributed by atoms with E-state index in [0.717, 1.165) is 89.9 Å². The van der Waals surface area contributed by atoms with Gasteiger partial charge in [-0.25, -0.2) is 4.57 Å². The second kappa shape index (κ2) is 38.9. The molecule has 0 saturated heterocycles. The van der Waals surface area contributed by atoms with Crippen LogP contribution in [0.5, 0.6) is 0 Å².